The first-order valence-corrected chi connectivity index (χ1v) is 7.21. The van der Waals surface area contributed by atoms with Crippen LogP contribution in [0.25, 0.3) is 0 Å². The Morgan fingerprint density at radius 3 is 2.95 bits per heavy atom. The molecule has 0 bridgehead atoms. The van der Waals surface area contributed by atoms with E-state index in [9.17, 15) is 4.79 Å². The van der Waals surface area contributed by atoms with Crippen LogP contribution in [0.4, 0.5) is 0 Å². The molecule has 1 aromatic carbocycles. The lowest BCUT2D eigenvalue weighted by Crippen LogP contribution is -2.28. The fourth-order valence-corrected chi connectivity index (χ4v) is 2.69. The molecular formula is C16H23NO3. The molecule has 110 valence electrons. The first kappa shape index (κ1) is 15.0. The molecule has 1 unspecified atom stereocenters. The van der Waals surface area contributed by atoms with E-state index >= 15 is 0 Å². The summed E-state index contributed by atoms with van der Waals surface area (Å²) in [6.07, 6.45) is 1.11. The van der Waals surface area contributed by atoms with Crippen molar-refractivity contribution in [2.24, 2.45) is 5.92 Å². The van der Waals surface area contributed by atoms with Gasteiger partial charge in [-0.15, -0.1) is 0 Å². The Morgan fingerprint density at radius 2 is 2.20 bits per heavy atom. The van der Waals surface area contributed by atoms with E-state index in [2.05, 4.69) is 4.90 Å². The van der Waals surface area contributed by atoms with Gasteiger partial charge < -0.3 is 9.47 Å². The van der Waals surface area contributed by atoms with Crippen LogP contribution in [0.5, 0.6) is 5.75 Å². The zero-order chi connectivity index (χ0) is 14.4. The Morgan fingerprint density at radius 1 is 1.40 bits per heavy atom. The van der Waals surface area contributed by atoms with Gasteiger partial charge in [-0.25, -0.2) is 0 Å². The van der Waals surface area contributed by atoms with E-state index in [0.29, 0.717) is 30.4 Å². The zero-order valence-electron chi connectivity index (χ0n) is 12.3. The van der Waals surface area contributed by atoms with E-state index in [1.165, 1.54) is 0 Å². The molecule has 4 heteroatoms. The van der Waals surface area contributed by atoms with Crippen LogP contribution in [0, 0.1) is 5.92 Å². The molecule has 0 aromatic heterocycles. The fraction of sp³-hybridized carbons (Fsp3) is 0.562. The molecule has 1 atom stereocenters. The maximum absolute atomic E-state index is 12.4. The Balaban J connectivity index is 1.95. The molecule has 1 fully saturated rings. The van der Waals surface area contributed by atoms with Crippen molar-refractivity contribution < 1.29 is 14.3 Å². The first-order valence-electron chi connectivity index (χ1n) is 7.21. The Kier molecular flexibility index (Phi) is 5.56. The van der Waals surface area contributed by atoms with Crippen LogP contribution in [0.15, 0.2) is 24.3 Å². The van der Waals surface area contributed by atoms with Gasteiger partial charge in [-0.1, -0.05) is 12.1 Å². The normalized spacial score (nSPS) is 19.2. The molecule has 1 saturated heterocycles. The molecule has 0 radical (unpaired) electrons. The molecule has 1 aromatic rings. The topological polar surface area (TPSA) is 38.8 Å². The summed E-state index contributed by atoms with van der Waals surface area (Å²) in [5.41, 5.74) is 0.685. The van der Waals surface area contributed by atoms with Crippen LogP contribution < -0.4 is 4.74 Å². The van der Waals surface area contributed by atoms with Gasteiger partial charge in [0, 0.05) is 13.7 Å². The Bertz CT molecular complexity index is 447. The molecule has 1 heterocycles. The first-order chi connectivity index (χ1) is 9.74. The molecule has 0 saturated carbocycles. The van der Waals surface area contributed by atoms with Crippen molar-refractivity contribution in [1.29, 1.82) is 0 Å². The number of Topliss-reactive ketones (excluding diaryl/α,β-unsaturated/α-hetero) is 1. The summed E-state index contributed by atoms with van der Waals surface area (Å²) >= 11 is 0. The van der Waals surface area contributed by atoms with Crippen LogP contribution >= 0.6 is 0 Å². The Hall–Kier alpha value is -1.39. The summed E-state index contributed by atoms with van der Waals surface area (Å²) in [5.74, 6) is 1.37. The van der Waals surface area contributed by atoms with E-state index in [1.807, 2.05) is 31.2 Å². The lowest BCUT2D eigenvalue weighted by Gasteiger charge is -2.16. The highest BCUT2D eigenvalue weighted by Crippen LogP contribution is 2.21. The predicted octanol–water partition coefficient (Wildman–Crippen LogP) is 2.24. The van der Waals surface area contributed by atoms with E-state index < -0.39 is 0 Å². The summed E-state index contributed by atoms with van der Waals surface area (Å²) in [7, 11) is 1.73. The number of nitrogens with zero attached hydrogens (tertiary/aromatic N) is 1. The number of benzene rings is 1. The Labute approximate surface area is 120 Å². The van der Waals surface area contributed by atoms with Gasteiger partial charge in [0.15, 0.2) is 5.78 Å². The second-order valence-corrected chi connectivity index (χ2v) is 5.20. The van der Waals surface area contributed by atoms with Crippen molar-refractivity contribution in [2.45, 2.75) is 13.3 Å². The van der Waals surface area contributed by atoms with Gasteiger partial charge >= 0.3 is 0 Å². The molecular weight excluding hydrogens is 254 g/mol. The molecule has 0 amide bonds. The summed E-state index contributed by atoms with van der Waals surface area (Å²) in [4.78, 5) is 14.6. The van der Waals surface area contributed by atoms with E-state index in [-0.39, 0.29) is 5.78 Å². The zero-order valence-corrected chi connectivity index (χ0v) is 12.3. The van der Waals surface area contributed by atoms with Crippen LogP contribution in [-0.2, 0) is 4.74 Å². The fourth-order valence-electron chi connectivity index (χ4n) is 2.69. The average molecular weight is 277 g/mol. The van der Waals surface area contributed by atoms with Gasteiger partial charge in [0.2, 0.25) is 0 Å². The predicted molar refractivity (Wildman–Crippen MR) is 78.4 cm³/mol. The largest absolute Gasteiger partial charge is 0.493 e. The van der Waals surface area contributed by atoms with Crippen LogP contribution in [0.1, 0.15) is 23.7 Å². The van der Waals surface area contributed by atoms with Crippen LogP contribution in [0.2, 0.25) is 0 Å². The lowest BCUT2D eigenvalue weighted by molar-refractivity contribution is 0.0933. The molecule has 0 spiro atoms. The highest BCUT2D eigenvalue weighted by atomic mass is 16.5. The smallest absolute Gasteiger partial charge is 0.180 e. The summed E-state index contributed by atoms with van der Waals surface area (Å²) in [6.45, 7) is 5.65. The van der Waals surface area contributed by atoms with Gasteiger partial charge in [0.25, 0.3) is 0 Å². The number of ether oxygens (including phenoxy) is 2. The quantitative estimate of drug-likeness (QED) is 0.717. The molecule has 20 heavy (non-hydrogen) atoms. The third kappa shape index (κ3) is 3.81. The van der Waals surface area contributed by atoms with E-state index in [4.69, 9.17) is 9.47 Å². The van der Waals surface area contributed by atoms with E-state index in [0.717, 1.165) is 26.1 Å². The number of ketones is 1. The molecule has 2 rings (SSSR count). The minimum atomic E-state index is 0.132. The van der Waals surface area contributed by atoms with Crippen molar-refractivity contribution in [1.82, 2.24) is 4.90 Å². The number of carbonyl (C=O) groups excluding carboxylic acids is 1. The number of likely N-dealkylation sites (tertiary alicyclic amines) is 1. The second kappa shape index (κ2) is 7.41. The minimum absolute atomic E-state index is 0.132. The number of rotatable bonds is 7. The molecule has 0 N–H and O–H groups in total. The molecule has 4 nitrogen and oxygen atoms in total. The van der Waals surface area contributed by atoms with Crippen LogP contribution in [-0.4, -0.2) is 50.6 Å². The number of para-hydroxylation sites is 1. The average Bonchev–Trinajstić information content (AvgIpc) is 2.87. The van der Waals surface area contributed by atoms with Crippen molar-refractivity contribution in [3.63, 3.8) is 0 Å². The van der Waals surface area contributed by atoms with Gasteiger partial charge in [-0.2, -0.15) is 0 Å². The highest BCUT2D eigenvalue weighted by molar-refractivity contribution is 6.00. The highest BCUT2D eigenvalue weighted by Gasteiger charge is 2.25. The third-order valence-corrected chi connectivity index (χ3v) is 3.63. The van der Waals surface area contributed by atoms with Crippen LogP contribution in [0.3, 0.4) is 0 Å². The van der Waals surface area contributed by atoms with Gasteiger partial charge in [-0.05, 0) is 37.9 Å². The SMILES string of the molecule is CCOc1ccccc1C(=O)CN1CCC(COC)C1. The standard InChI is InChI=1S/C16H23NO3/c1-3-20-16-7-5-4-6-14(16)15(18)11-17-9-8-13(10-17)12-19-2/h4-7,13H,3,8-12H2,1-2H3. The number of methoxy groups -OCH3 is 1. The van der Waals surface area contributed by atoms with Crippen molar-refractivity contribution in [3.8, 4) is 5.75 Å². The summed E-state index contributed by atoms with van der Waals surface area (Å²) in [5, 5.41) is 0. The van der Waals surface area contributed by atoms with Gasteiger partial charge in [0.05, 0.1) is 25.3 Å². The van der Waals surface area contributed by atoms with Crippen molar-refractivity contribution in [2.75, 3.05) is 40.0 Å². The third-order valence-electron chi connectivity index (χ3n) is 3.63. The maximum atomic E-state index is 12.4. The number of hydrogen-bond acceptors (Lipinski definition) is 4. The summed E-state index contributed by atoms with van der Waals surface area (Å²) in [6, 6.07) is 7.48. The van der Waals surface area contributed by atoms with Crippen molar-refractivity contribution in [3.05, 3.63) is 29.8 Å². The second-order valence-electron chi connectivity index (χ2n) is 5.20. The summed E-state index contributed by atoms with van der Waals surface area (Å²) < 4.78 is 10.7. The van der Waals surface area contributed by atoms with Crippen molar-refractivity contribution >= 4 is 5.78 Å². The molecule has 1 aliphatic heterocycles. The number of hydrogen-bond donors (Lipinski definition) is 0. The van der Waals surface area contributed by atoms with Gasteiger partial charge in [0.1, 0.15) is 5.75 Å². The monoisotopic (exact) mass is 277 g/mol. The molecule has 1 aliphatic rings. The van der Waals surface area contributed by atoms with Gasteiger partial charge in [-0.3, -0.25) is 9.69 Å². The minimum Gasteiger partial charge on any atom is -0.493 e. The van der Waals surface area contributed by atoms with E-state index in [1.54, 1.807) is 7.11 Å². The molecule has 0 aliphatic carbocycles. The lowest BCUT2D eigenvalue weighted by atomic mass is 10.1. The number of carbonyl (C=O) groups is 1. The maximum Gasteiger partial charge on any atom is 0.180 e.